The van der Waals surface area contributed by atoms with Crippen LogP contribution in [-0.4, -0.2) is 65.9 Å². The molecule has 0 saturated carbocycles. The van der Waals surface area contributed by atoms with Gasteiger partial charge in [-0.05, 0) is 90.2 Å². The molecule has 0 radical (unpaired) electrons. The molecule has 2 N–H and O–H groups in total. The summed E-state index contributed by atoms with van der Waals surface area (Å²) in [6, 6.07) is 19.0. The molecule has 35 heavy (non-hydrogen) atoms. The van der Waals surface area contributed by atoms with E-state index in [1.54, 1.807) is 0 Å². The van der Waals surface area contributed by atoms with Crippen molar-refractivity contribution < 1.29 is 14.6 Å². The molecule has 0 atom stereocenters. The minimum Gasteiger partial charge on any atom is -0.488 e. The zero-order valence-electron chi connectivity index (χ0n) is 21.7. The number of amides is 1. The van der Waals surface area contributed by atoms with E-state index < -0.39 is 6.09 Å². The molecular formula is C29H43N3O3. The van der Waals surface area contributed by atoms with Crippen LogP contribution in [0.3, 0.4) is 0 Å². The lowest BCUT2D eigenvalue weighted by molar-refractivity contribution is 0.126. The van der Waals surface area contributed by atoms with Crippen LogP contribution in [0.1, 0.15) is 51.2 Å². The number of nitrogens with one attached hydrogen (secondary N) is 1. The number of likely N-dealkylation sites (tertiary alicyclic amines) is 1. The van der Waals surface area contributed by atoms with Crippen molar-refractivity contribution in [3.8, 4) is 5.75 Å². The first-order valence-corrected chi connectivity index (χ1v) is 13.0. The van der Waals surface area contributed by atoms with Crippen molar-refractivity contribution in [2.75, 3.05) is 39.3 Å². The van der Waals surface area contributed by atoms with E-state index in [2.05, 4.69) is 72.3 Å². The molecule has 0 unspecified atom stereocenters. The SMILES string of the molecule is CC(C)(C)Oc1ccccc1CN(CCCN1CCC(Cc2ccccc2)CC1)CCNC(=O)O. The number of ether oxygens (including phenoxy) is 1. The van der Waals surface area contributed by atoms with Crippen LogP contribution in [0.5, 0.6) is 5.75 Å². The molecule has 1 saturated heterocycles. The molecule has 1 heterocycles. The number of carbonyl (C=O) groups is 1. The highest BCUT2D eigenvalue weighted by molar-refractivity contribution is 5.64. The summed E-state index contributed by atoms with van der Waals surface area (Å²) >= 11 is 0. The lowest BCUT2D eigenvalue weighted by Crippen LogP contribution is -2.38. The maximum atomic E-state index is 11.0. The van der Waals surface area contributed by atoms with E-state index in [9.17, 15) is 4.79 Å². The fraction of sp³-hybridized carbons (Fsp3) is 0.552. The summed E-state index contributed by atoms with van der Waals surface area (Å²) in [6.07, 6.45) is 3.81. The van der Waals surface area contributed by atoms with Gasteiger partial charge in [-0.2, -0.15) is 0 Å². The lowest BCUT2D eigenvalue weighted by Gasteiger charge is -2.33. The number of hydrogen-bond acceptors (Lipinski definition) is 4. The molecule has 1 fully saturated rings. The van der Waals surface area contributed by atoms with Crippen molar-refractivity contribution in [3.63, 3.8) is 0 Å². The Morgan fingerprint density at radius 2 is 1.74 bits per heavy atom. The van der Waals surface area contributed by atoms with Crippen LogP contribution in [0.4, 0.5) is 4.79 Å². The summed E-state index contributed by atoms with van der Waals surface area (Å²) in [7, 11) is 0. The smallest absolute Gasteiger partial charge is 0.404 e. The fourth-order valence-corrected chi connectivity index (χ4v) is 4.78. The van der Waals surface area contributed by atoms with Crippen molar-refractivity contribution in [2.24, 2.45) is 5.92 Å². The van der Waals surface area contributed by atoms with Crippen molar-refractivity contribution in [3.05, 3.63) is 65.7 Å². The van der Waals surface area contributed by atoms with Gasteiger partial charge < -0.3 is 20.1 Å². The Morgan fingerprint density at radius 3 is 2.43 bits per heavy atom. The first kappa shape index (κ1) is 27.0. The van der Waals surface area contributed by atoms with Gasteiger partial charge in [0.1, 0.15) is 11.4 Å². The Bertz CT molecular complexity index is 890. The van der Waals surface area contributed by atoms with Gasteiger partial charge in [0, 0.05) is 25.2 Å². The van der Waals surface area contributed by atoms with E-state index in [-0.39, 0.29) is 5.60 Å². The molecule has 2 aromatic carbocycles. The van der Waals surface area contributed by atoms with Crippen LogP contribution >= 0.6 is 0 Å². The number of hydrogen-bond donors (Lipinski definition) is 2. The Balaban J connectivity index is 1.48. The van der Waals surface area contributed by atoms with Crippen molar-refractivity contribution in [2.45, 2.75) is 58.6 Å². The summed E-state index contributed by atoms with van der Waals surface area (Å²) in [5, 5.41) is 11.5. The van der Waals surface area contributed by atoms with Gasteiger partial charge in [0.25, 0.3) is 0 Å². The number of piperidine rings is 1. The van der Waals surface area contributed by atoms with E-state index in [1.165, 1.54) is 37.9 Å². The predicted octanol–water partition coefficient (Wildman–Crippen LogP) is 5.28. The van der Waals surface area contributed by atoms with E-state index in [1.807, 2.05) is 18.2 Å². The summed E-state index contributed by atoms with van der Waals surface area (Å²) < 4.78 is 6.18. The molecule has 192 valence electrons. The van der Waals surface area contributed by atoms with Crippen LogP contribution in [0, 0.1) is 5.92 Å². The molecule has 1 aliphatic rings. The molecule has 3 rings (SSSR count). The van der Waals surface area contributed by atoms with Crippen LogP contribution in [0.25, 0.3) is 0 Å². The number of nitrogens with zero attached hydrogens (tertiary/aromatic N) is 2. The second-order valence-electron chi connectivity index (χ2n) is 10.7. The standard InChI is InChI=1S/C29H43N3O3/c1-29(2,3)35-27-13-8-7-12-26(27)23-32(21-16-30-28(33)34)18-9-17-31-19-14-25(15-20-31)22-24-10-5-4-6-11-24/h4-8,10-13,25,30H,9,14-23H2,1-3H3,(H,33,34). The number of para-hydroxylation sites is 1. The summed E-state index contributed by atoms with van der Waals surface area (Å²) in [4.78, 5) is 15.9. The third-order valence-corrected chi connectivity index (χ3v) is 6.51. The molecule has 0 spiro atoms. The van der Waals surface area contributed by atoms with Gasteiger partial charge in [-0.1, -0.05) is 48.5 Å². The second kappa shape index (κ2) is 13.5. The largest absolute Gasteiger partial charge is 0.488 e. The molecule has 0 aliphatic carbocycles. The fourth-order valence-electron chi connectivity index (χ4n) is 4.78. The van der Waals surface area contributed by atoms with E-state index in [0.29, 0.717) is 13.1 Å². The molecular weight excluding hydrogens is 438 g/mol. The molecule has 2 aromatic rings. The van der Waals surface area contributed by atoms with E-state index >= 15 is 0 Å². The molecule has 6 nitrogen and oxygen atoms in total. The van der Waals surface area contributed by atoms with Gasteiger partial charge in [0.05, 0.1) is 0 Å². The van der Waals surface area contributed by atoms with E-state index in [4.69, 9.17) is 9.84 Å². The maximum Gasteiger partial charge on any atom is 0.404 e. The van der Waals surface area contributed by atoms with Gasteiger partial charge in [-0.25, -0.2) is 4.79 Å². The summed E-state index contributed by atoms with van der Waals surface area (Å²) in [5.41, 5.74) is 2.32. The van der Waals surface area contributed by atoms with Crippen molar-refractivity contribution >= 4 is 6.09 Å². The van der Waals surface area contributed by atoms with Gasteiger partial charge in [-0.3, -0.25) is 4.90 Å². The van der Waals surface area contributed by atoms with Crippen LogP contribution in [0.15, 0.2) is 54.6 Å². The van der Waals surface area contributed by atoms with Gasteiger partial charge in [0.15, 0.2) is 0 Å². The molecule has 6 heteroatoms. The Kier molecular flexibility index (Phi) is 10.4. The van der Waals surface area contributed by atoms with Gasteiger partial charge in [0.2, 0.25) is 0 Å². The third-order valence-electron chi connectivity index (χ3n) is 6.51. The third kappa shape index (κ3) is 10.3. The molecule has 1 aliphatic heterocycles. The topological polar surface area (TPSA) is 65.0 Å². The Morgan fingerprint density at radius 1 is 1.06 bits per heavy atom. The highest BCUT2D eigenvalue weighted by atomic mass is 16.5. The number of carboxylic acid groups (broad SMARTS) is 1. The number of rotatable bonds is 12. The van der Waals surface area contributed by atoms with Gasteiger partial charge in [-0.15, -0.1) is 0 Å². The van der Waals surface area contributed by atoms with Gasteiger partial charge >= 0.3 is 6.09 Å². The minimum absolute atomic E-state index is 0.265. The maximum absolute atomic E-state index is 11.0. The zero-order chi connectivity index (χ0) is 25.1. The Hall–Kier alpha value is -2.57. The normalized spacial score (nSPS) is 15.3. The summed E-state index contributed by atoms with van der Waals surface area (Å²) in [6.45, 7) is 12.4. The number of benzene rings is 2. The zero-order valence-corrected chi connectivity index (χ0v) is 21.7. The highest BCUT2D eigenvalue weighted by Crippen LogP contribution is 2.25. The lowest BCUT2D eigenvalue weighted by atomic mass is 9.90. The quantitative estimate of drug-likeness (QED) is 0.432. The van der Waals surface area contributed by atoms with Crippen LogP contribution < -0.4 is 10.1 Å². The van der Waals surface area contributed by atoms with Crippen molar-refractivity contribution in [1.82, 2.24) is 15.1 Å². The van der Waals surface area contributed by atoms with Crippen LogP contribution in [-0.2, 0) is 13.0 Å². The first-order chi connectivity index (χ1) is 16.8. The summed E-state index contributed by atoms with van der Waals surface area (Å²) in [5.74, 6) is 1.68. The first-order valence-electron chi connectivity index (χ1n) is 13.0. The van der Waals surface area contributed by atoms with E-state index in [0.717, 1.165) is 43.3 Å². The minimum atomic E-state index is -0.972. The van der Waals surface area contributed by atoms with Crippen LogP contribution in [0.2, 0.25) is 0 Å². The monoisotopic (exact) mass is 481 g/mol. The van der Waals surface area contributed by atoms with Crippen molar-refractivity contribution in [1.29, 1.82) is 0 Å². The average molecular weight is 482 g/mol. The molecule has 1 amide bonds. The second-order valence-corrected chi connectivity index (χ2v) is 10.7. The average Bonchev–Trinajstić information content (AvgIpc) is 2.81. The predicted molar refractivity (Wildman–Crippen MR) is 142 cm³/mol. The Labute approximate surface area is 211 Å². The highest BCUT2D eigenvalue weighted by Gasteiger charge is 2.20. The molecule has 0 bridgehead atoms. The molecule has 0 aromatic heterocycles.